The van der Waals surface area contributed by atoms with E-state index in [1.165, 1.54) is 10.8 Å². The van der Waals surface area contributed by atoms with Crippen molar-refractivity contribution in [1.29, 1.82) is 0 Å². The van der Waals surface area contributed by atoms with Crippen LogP contribution in [0, 0.1) is 0 Å². The Bertz CT molecular complexity index is 825. The molecule has 0 aliphatic carbocycles. The Morgan fingerprint density at radius 1 is 1.00 bits per heavy atom. The summed E-state index contributed by atoms with van der Waals surface area (Å²) in [5.74, 6) is 1.23. The summed E-state index contributed by atoms with van der Waals surface area (Å²) in [6.07, 6.45) is 0. The number of guanidine groups is 1. The highest BCUT2D eigenvalue weighted by Crippen LogP contribution is 2.18. The minimum Gasteiger partial charge on any atom is -0.497 e. The zero-order chi connectivity index (χ0) is 16.1. The van der Waals surface area contributed by atoms with Gasteiger partial charge in [0.15, 0.2) is 5.96 Å². The molecule has 23 heavy (non-hydrogen) atoms. The van der Waals surface area contributed by atoms with E-state index < -0.39 is 0 Å². The Morgan fingerprint density at radius 3 is 2.48 bits per heavy atom. The van der Waals surface area contributed by atoms with E-state index in [2.05, 4.69) is 34.6 Å². The highest BCUT2D eigenvalue weighted by atomic mass is 16.5. The van der Waals surface area contributed by atoms with E-state index in [0.717, 1.165) is 17.0 Å². The van der Waals surface area contributed by atoms with Gasteiger partial charge in [0.25, 0.3) is 0 Å². The first kappa shape index (κ1) is 14.9. The second-order valence-corrected chi connectivity index (χ2v) is 5.24. The second kappa shape index (κ2) is 6.83. The molecular weight excluding hydrogens is 286 g/mol. The Hall–Kier alpha value is -3.01. The SMILES string of the molecule is COc1ccc(CN=C(N)Nc2ccc3ccccc3c2)cc1. The normalized spacial score (nSPS) is 11.4. The van der Waals surface area contributed by atoms with Gasteiger partial charge in [-0.25, -0.2) is 4.99 Å². The number of nitrogens with two attached hydrogens (primary N) is 1. The predicted octanol–water partition coefficient (Wildman–Crippen LogP) is 3.78. The van der Waals surface area contributed by atoms with Gasteiger partial charge in [-0.1, -0.05) is 42.5 Å². The first-order valence-electron chi connectivity index (χ1n) is 7.43. The van der Waals surface area contributed by atoms with E-state index >= 15 is 0 Å². The third kappa shape index (κ3) is 3.80. The molecule has 3 aromatic carbocycles. The van der Waals surface area contributed by atoms with E-state index in [1.54, 1.807) is 7.11 Å². The number of anilines is 1. The molecule has 0 unspecified atom stereocenters. The summed E-state index contributed by atoms with van der Waals surface area (Å²) in [6, 6.07) is 22.1. The first-order valence-corrected chi connectivity index (χ1v) is 7.43. The van der Waals surface area contributed by atoms with Crippen LogP contribution < -0.4 is 15.8 Å². The number of nitrogens with zero attached hydrogens (tertiary/aromatic N) is 1. The van der Waals surface area contributed by atoms with Gasteiger partial charge in [-0.15, -0.1) is 0 Å². The smallest absolute Gasteiger partial charge is 0.193 e. The van der Waals surface area contributed by atoms with E-state index in [9.17, 15) is 0 Å². The van der Waals surface area contributed by atoms with Crippen molar-refractivity contribution < 1.29 is 4.74 Å². The largest absolute Gasteiger partial charge is 0.497 e. The Morgan fingerprint density at radius 2 is 1.74 bits per heavy atom. The second-order valence-electron chi connectivity index (χ2n) is 5.24. The molecule has 3 N–H and O–H groups in total. The number of aliphatic imine (C=N–C) groups is 1. The standard InChI is InChI=1S/C19H19N3O/c1-23-18-10-6-14(7-11-18)13-21-19(20)22-17-9-8-15-4-2-3-5-16(15)12-17/h2-12H,13H2,1H3,(H3,20,21,22). The van der Waals surface area contributed by atoms with E-state index in [0.29, 0.717) is 12.5 Å². The zero-order valence-electron chi connectivity index (χ0n) is 13.0. The van der Waals surface area contributed by atoms with Crippen LogP contribution in [0.1, 0.15) is 5.56 Å². The topological polar surface area (TPSA) is 59.6 Å². The third-order valence-electron chi connectivity index (χ3n) is 3.61. The van der Waals surface area contributed by atoms with Gasteiger partial charge in [-0.2, -0.15) is 0 Å². The maximum absolute atomic E-state index is 5.97. The minimum absolute atomic E-state index is 0.399. The van der Waals surface area contributed by atoms with Crippen molar-refractivity contribution in [2.24, 2.45) is 10.7 Å². The Labute approximate surface area is 135 Å². The lowest BCUT2D eigenvalue weighted by atomic mass is 10.1. The molecule has 0 spiro atoms. The van der Waals surface area contributed by atoms with Crippen LogP contribution in [0.3, 0.4) is 0 Å². The van der Waals surface area contributed by atoms with E-state index in [4.69, 9.17) is 10.5 Å². The summed E-state index contributed by atoms with van der Waals surface area (Å²) in [4.78, 5) is 4.37. The predicted molar refractivity (Wildman–Crippen MR) is 95.9 cm³/mol. The molecule has 0 bridgehead atoms. The summed E-state index contributed by atoms with van der Waals surface area (Å²) in [5, 5.41) is 5.50. The van der Waals surface area contributed by atoms with Crippen LogP contribution in [-0.4, -0.2) is 13.1 Å². The monoisotopic (exact) mass is 305 g/mol. The van der Waals surface area contributed by atoms with Crippen molar-refractivity contribution >= 4 is 22.4 Å². The zero-order valence-corrected chi connectivity index (χ0v) is 13.0. The summed E-state index contributed by atoms with van der Waals surface area (Å²) in [5.41, 5.74) is 7.98. The molecule has 0 aliphatic rings. The molecule has 0 atom stereocenters. The van der Waals surface area contributed by atoms with Gasteiger partial charge in [0.2, 0.25) is 0 Å². The van der Waals surface area contributed by atoms with Crippen molar-refractivity contribution in [2.75, 3.05) is 12.4 Å². The fourth-order valence-electron chi connectivity index (χ4n) is 2.36. The molecule has 0 aromatic heterocycles. The number of nitrogens with one attached hydrogen (secondary N) is 1. The quantitative estimate of drug-likeness (QED) is 0.570. The number of benzene rings is 3. The van der Waals surface area contributed by atoms with Gasteiger partial charge in [-0.3, -0.25) is 0 Å². The summed E-state index contributed by atoms with van der Waals surface area (Å²) in [7, 11) is 1.65. The molecule has 4 nitrogen and oxygen atoms in total. The molecule has 0 aliphatic heterocycles. The molecule has 0 saturated carbocycles. The lowest BCUT2D eigenvalue weighted by molar-refractivity contribution is 0.414. The van der Waals surface area contributed by atoms with Gasteiger partial charge in [0.1, 0.15) is 5.75 Å². The van der Waals surface area contributed by atoms with Crippen molar-refractivity contribution in [1.82, 2.24) is 0 Å². The van der Waals surface area contributed by atoms with Crippen LogP contribution in [0.25, 0.3) is 10.8 Å². The molecule has 4 heteroatoms. The summed E-state index contributed by atoms with van der Waals surface area (Å²) >= 11 is 0. The van der Waals surface area contributed by atoms with Crippen LogP contribution in [0.4, 0.5) is 5.69 Å². The first-order chi connectivity index (χ1) is 11.2. The van der Waals surface area contributed by atoms with Crippen LogP contribution >= 0.6 is 0 Å². The molecule has 0 amide bonds. The Balaban J connectivity index is 1.67. The van der Waals surface area contributed by atoms with Crippen LogP contribution in [0.15, 0.2) is 71.7 Å². The molecule has 3 aromatic rings. The van der Waals surface area contributed by atoms with E-state index in [1.807, 2.05) is 42.5 Å². The molecule has 0 saturated heterocycles. The van der Waals surface area contributed by atoms with Crippen molar-refractivity contribution in [2.45, 2.75) is 6.54 Å². The average Bonchev–Trinajstić information content (AvgIpc) is 2.60. The van der Waals surface area contributed by atoms with Gasteiger partial charge >= 0.3 is 0 Å². The fourth-order valence-corrected chi connectivity index (χ4v) is 2.36. The molecule has 116 valence electrons. The highest BCUT2D eigenvalue weighted by molar-refractivity contribution is 5.95. The summed E-state index contributed by atoms with van der Waals surface area (Å²) < 4.78 is 5.14. The maximum atomic E-state index is 5.97. The third-order valence-corrected chi connectivity index (χ3v) is 3.61. The Kier molecular flexibility index (Phi) is 4.43. The lowest BCUT2D eigenvalue weighted by Crippen LogP contribution is -2.22. The number of ether oxygens (including phenoxy) is 1. The van der Waals surface area contributed by atoms with Gasteiger partial charge in [0, 0.05) is 5.69 Å². The number of hydrogen-bond acceptors (Lipinski definition) is 2. The van der Waals surface area contributed by atoms with Crippen LogP contribution in [0.2, 0.25) is 0 Å². The van der Waals surface area contributed by atoms with Crippen molar-refractivity contribution in [3.8, 4) is 5.75 Å². The van der Waals surface area contributed by atoms with Gasteiger partial charge < -0.3 is 15.8 Å². The molecular formula is C19H19N3O. The van der Waals surface area contributed by atoms with Crippen LogP contribution in [-0.2, 0) is 6.54 Å². The maximum Gasteiger partial charge on any atom is 0.193 e. The van der Waals surface area contributed by atoms with Gasteiger partial charge in [-0.05, 0) is 40.6 Å². The van der Waals surface area contributed by atoms with Gasteiger partial charge in [0.05, 0.1) is 13.7 Å². The fraction of sp³-hybridized carbons (Fsp3) is 0.105. The number of fused-ring (bicyclic) bond motifs is 1. The van der Waals surface area contributed by atoms with Crippen LogP contribution in [0.5, 0.6) is 5.75 Å². The molecule has 0 heterocycles. The van der Waals surface area contributed by atoms with Crippen molar-refractivity contribution in [3.63, 3.8) is 0 Å². The summed E-state index contributed by atoms with van der Waals surface area (Å²) in [6.45, 7) is 0.524. The number of rotatable bonds is 4. The molecule has 0 fully saturated rings. The van der Waals surface area contributed by atoms with E-state index in [-0.39, 0.29) is 0 Å². The average molecular weight is 305 g/mol. The minimum atomic E-state index is 0.399. The molecule has 3 rings (SSSR count). The molecule has 0 radical (unpaired) electrons. The lowest BCUT2D eigenvalue weighted by Gasteiger charge is -2.07. The van der Waals surface area contributed by atoms with Crippen molar-refractivity contribution in [3.05, 3.63) is 72.3 Å². The number of hydrogen-bond donors (Lipinski definition) is 2. The number of methoxy groups -OCH3 is 1. The highest BCUT2D eigenvalue weighted by Gasteiger charge is 1.98.